The molecule has 0 radical (unpaired) electrons. The highest BCUT2D eigenvalue weighted by atomic mass is 16.5. The second kappa shape index (κ2) is 9.78. The van der Waals surface area contributed by atoms with E-state index < -0.39 is 0 Å². The summed E-state index contributed by atoms with van der Waals surface area (Å²) < 4.78 is 5.72. The molecule has 1 aromatic carbocycles. The van der Waals surface area contributed by atoms with Gasteiger partial charge in [-0.2, -0.15) is 0 Å². The lowest BCUT2D eigenvalue weighted by Crippen LogP contribution is -2.20. The van der Waals surface area contributed by atoms with E-state index in [1.807, 2.05) is 0 Å². The van der Waals surface area contributed by atoms with E-state index in [0.717, 1.165) is 38.4 Å². The van der Waals surface area contributed by atoms with E-state index >= 15 is 0 Å². The van der Waals surface area contributed by atoms with Gasteiger partial charge >= 0.3 is 0 Å². The van der Waals surface area contributed by atoms with Crippen molar-refractivity contribution < 1.29 is 4.74 Å². The van der Waals surface area contributed by atoms with Gasteiger partial charge in [-0.25, -0.2) is 0 Å². The van der Waals surface area contributed by atoms with Gasteiger partial charge in [0.05, 0.1) is 6.61 Å². The molecule has 1 aromatic rings. The smallest absolute Gasteiger partial charge is 0.119 e. The zero-order valence-corrected chi connectivity index (χ0v) is 13.5. The molecule has 114 valence electrons. The average molecular weight is 278 g/mol. The number of ether oxygens (including phenoxy) is 1. The van der Waals surface area contributed by atoms with Crippen LogP contribution in [-0.4, -0.2) is 38.7 Å². The molecule has 0 bridgehead atoms. The maximum atomic E-state index is 5.72. The van der Waals surface area contributed by atoms with Crippen molar-refractivity contribution in [1.82, 2.24) is 10.2 Å². The third kappa shape index (κ3) is 8.18. The first-order chi connectivity index (χ1) is 9.58. The van der Waals surface area contributed by atoms with Gasteiger partial charge in [-0.15, -0.1) is 0 Å². The maximum absolute atomic E-state index is 5.72. The largest absolute Gasteiger partial charge is 0.494 e. The van der Waals surface area contributed by atoms with E-state index in [1.165, 1.54) is 12.0 Å². The first-order valence-electron chi connectivity index (χ1n) is 7.65. The molecule has 0 aromatic heterocycles. The van der Waals surface area contributed by atoms with E-state index in [1.54, 1.807) is 0 Å². The molecule has 0 aliphatic heterocycles. The van der Waals surface area contributed by atoms with Gasteiger partial charge in [0.1, 0.15) is 5.75 Å². The van der Waals surface area contributed by atoms with Gasteiger partial charge < -0.3 is 15.0 Å². The fraction of sp³-hybridized carbons (Fsp3) is 0.647. The van der Waals surface area contributed by atoms with Crippen LogP contribution in [0, 0.1) is 5.92 Å². The average Bonchev–Trinajstić information content (AvgIpc) is 2.39. The summed E-state index contributed by atoms with van der Waals surface area (Å²) in [6.45, 7) is 8.36. The van der Waals surface area contributed by atoms with Crippen molar-refractivity contribution in [3.05, 3.63) is 29.8 Å². The number of hydrogen-bond donors (Lipinski definition) is 1. The third-order valence-corrected chi connectivity index (χ3v) is 3.18. The summed E-state index contributed by atoms with van der Waals surface area (Å²) in [5.41, 5.74) is 1.31. The standard InChI is InChI=1S/C17H30N2O/c1-15(2)10-13-20-17-8-6-16(7-9-17)14-18-11-5-12-19(3)4/h6-9,15,18H,5,10-14H2,1-4H3. The highest BCUT2D eigenvalue weighted by Gasteiger charge is 1.98. The first kappa shape index (κ1) is 17.0. The van der Waals surface area contributed by atoms with Crippen LogP contribution in [0.4, 0.5) is 0 Å². The van der Waals surface area contributed by atoms with Crippen molar-refractivity contribution in [3.8, 4) is 5.75 Å². The molecule has 0 atom stereocenters. The Hall–Kier alpha value is -1.06. The van der Waals surface area contributed by atoms with Gasteiger partial charge in [0.25, 0.3) is 0 Å². The lowest BCUT2D eigenvalue weighted by molar-refractivity contribution is 0.289. The molecule has 0 saturated heterocycles. The second-order valence-electron chi connectivity index (χ2n) is 6.01. The number of nitrogens with zero attached hydrogens (tertiary/aromatic N) is 1. The monoisotopic (exact) mass is 278 g/mol. The van der Waals surface area contributed by atoms with Crippen molar-refractivity contribution in [2.75, 3.05) is 33.8 Å². The number of benzene rings is 1. The molecule has 0 aliphatic rings. The Labute approximate surface area is 124 Å². The van der Waals surface area contributed by atoms with Gasteiger partial charge in [0.15, 0.2) is 0 Å². The van der Waals surface area contributed by atoms with Crippen molar-refractivity contribution in [3.63, 3.8) is 0 Å². The number of nitrogens with one attached hydrogen (secondary N) is 1. The van der Waals surface area contributed by atoms with Crippen LogP contribution in [0.25, 0.3) is 0 Å². The normalized spacial score (nSPS) is 11.3. The van der Waals surface area contributed by atoms with Crippen LogP contribution in [0.15, 0.2) is 24.3 Å². The van der Waals surface area contributed by atoms with Crippen molar-refractivity contribution >= 4 is 0 Å². The van der Waals surface area contributed by atoms with Crippen molar-refractivity contribution in [2.45, 2.75) is 33.2 Å². The lowest BCUT2D eigenvalue weighted by atomic mass is 10.1. The summed E-state index contributed by atoms with van der Waals surface area (Å²) >= 11 is 0. The topological polar surface area (TPSA) is 24.5 Å². The molecule has 0 saturated carbocycles. The van der Waals surface area contributed by atoms with E-state index in [9.17, 15) is 0 Å². The summed E-state index contributed by atoms with van der Waals surface area (Å²) in [6.07, 6.45) is 2.29. The Morgan fingerprint density at radius 1 is 1.15 bits per heavy atom. The zero-order chi connectivity index (χ0) is 14.8. The summed E-state index contributed by atoms with van der Waals surface area (Å²) in [5, 5.41) is 3.47. The fourth-order valence-electron chi connectivity index (χ4n) is 1.87. The molecule has 0 aliphatic carbocycles. The first-order valence-corrected chi connectivity index (χ1v) is 7.65. The quantitative estimate of drug-likeness (QED) is 0.665. The molecule has 20 heavy (non-hydrogen) atoms. The number of hydrogen-bond acceptors (Lipinski definition) is 3. The third-order valence-electron chi connectivity index (χ3n) is 3.18. The lowest BCUT2D eigenvalue weighted by Gasteiger charge is -2.11. The summed E-state index contributed by atoms with van der Waals surface area (Å²) in [7, 11) is 4.22. The SMILES string of the molecule is CC(C)CCOc1ccc(CNCCCN(C)C)cc1. The van der Waals surface area contributed by atoms with Crippen molar-refractivity contribution in [2.24, 2.45) is 5.92 Å². The minimum atomic E-state index is 0.695. The van der Waals surface area contributed by atoms with Crippen LogP contribution in [0.5, 0.6) is 5.75 Å². The molecule has 0 fully saturated rings. The van der Waals surface area contributed by atoms with E-state index in [2.05, 4.69) is 62.4 Å². The van der Waals surface area contributed by atoms with Crippen LogP contribution >= 0.6 is 0 Å². The molecular formula is C17H30N2O. The second-order valence-corrected chi connectivity index (χ2v) is 6.01. The number of rotatable bonds is 10. The molecule has 3 heteroatoms. The molecule has 0 heterocycles. The van der Waals surface area contributed by atoms with Crippen molar-refractivity contribution in [1.29, 1.82) is 0 Å². The molecule has 0 spiro atoms. The van der Waals surface area contributed by atoms with Gasteiger partial charge in [-0.1, -0.05) is 26.0 Å². The van der Waals surface area contributed by atoms with Gasteiger partial charge in [-0.3, -0.25) is 0 Å². The fourth-order valence-corrected chi connectivity index (χ4v) is 1.87. The Balaban J connectivity index is 2.18. The molecule has 3 nitrogen and oxygen atoms in total. The molecule has 0 unspecified atom stereocenters. The Morgan fingerprint density at radius 3 is 2.45 bits per heavy atom. The zero-order valence-electron chi connectivity index (χ0n) is 13.5. The molecule has 1 rings (SSSR count). The molecular weight excluding hydrogens is 248 g/mol. The van der Waals surface area contributed by atoms with Crippen LogP contribution in [0.3, 0.4) is 0 Å². The van der Waals surface area contributed by atoms with Crippen LogP contribution in [0.2, 0.25) is 0 Å². The minimum absolute atomic E-state index is 0.695. The van der Waals surface area contributed by atoms with E-state index in [-0.39, 0.29) is 0 Å². The predicted molar refractivity (Wildman–Crippen MR) is 86.3 cm³/mol. The predicted octanol–water partition coefficient (Wildman–Crippen LogP) is 3.15. The van der Waals surface area contributed by atoms with Gasteiger partial charge in [0.2, 0.25) is 0 Å². The van der Waals surface area contributed by atoms with Crippen LogP contribution in [0.1, 0.15) is 32.3 Å². The highest BCUT2D eigenvalue weighted by molar-refractivity contribution is 5.27. The summed E-state index contributed by atoms with van der Waals surface area (Å²) in [6, 6.07) is 8.42. The van der Waals surface area contributed by atoms with Gasteiger partial charge in [0, 0.05) is 6.54 Å². The maximum Gasteiger partial charge on any atom is 0.119 e. The van der Waals surface area contributed by atoms with E-state index in [0.29, 0.717) is 5.92 Å². The van der Waals surface area contributed by atoms with Crippen LogP contribution in [-0.2, 0) is 6.54 Å². The Kier molecular flexibility index (Phi) is 8.31. The Morgan fingerprint density at radius 2 is 1.85 bits per heavy atom. The minimum Gasteiger partial charge on any atom is -0.494 e. The molecule has 0 amide bonds. The summed E-state index contributed by atoms with van der Waals surface area (Å²) in [5.74, 6) is 1.67. The van der Waals surface area contributed by atoms with Gasteiger partial charge in [-0.05, 0) is 63.6 Å². The Bertz CT molecular complexity index is 347. The molecule has 1 N–H and O–H groups in total. The highest BCUT2D eigenvalue weighted by Crippen LogP contribution is 2.13. The van der Waals surface area contributed by atoms with Crippen LogP contribution < -0.4 is 10.1 Å². The van der Waals surface area contributed by atoms with E-state index in [4.69, 9.17) is 4.74 Å². The summed E-state index contributed by atoms with van der Waals surface area (Å²) in [4.78, 5) is 2.21.